The molecule has 1 unspecified atom stereocenters. The highest BCUT2D eigenvalue weighted by Crippen LogP contribution is 2.35. The summed E-state index contributed by atoms with van der Waals surface area (Å²) in [6.07, 6.45) is 0.954. The molecule has 1 aliphatic rings. The minimum Gasteiger partial charge on any atom is -0.497 e. The first-order valence-electron chi connectivity index (χ1n) is 9.95. The highest BCUT2D eigenvalue weighted by atomic mass is 16.5. The summed E-state index contributed by atoms with van der Waals surface area (Å²) in [4.78, 5) is 2.36. The lowest BCUT2D eigenvalue weighted by molar-refractivity contribution is 0.355. The number of hydrogen-bond acceptors (Lipinski definition) is 4. The van der Waals surface area contributed by atoms with Crippen molar-refractivity contribution in [1.82, 2.24) is 0 Å². The van der Waals surface area contributed by atoms with Gasteiger partial charge in [-0.2, -0.15) is 0 Å². The molecule has 30 heavy (non-hydrogen) atoms. The first-order valence-corrected chi connectivity index (χ1v) is 9.95. The Morgan fingerprint density at radius 2 is 1.63 bits per heavy atom. The molecule has 1 atom stereocenters. The molecule has 0 bridgehead atoms. The lowest BCUT2D eigenvalue weighted by atomic mass is 9.91. The number of ether oxygens (including phenoxy) is 3. The molecule has 0 saturated carbocycles. The van der Waals surface area contributed by atoms with Crippen molar-refractivity contribution in [2.75, 3.05) is 32.8 Å². The smallest absolute Gasteiger partial charge is 0.161 e. The molecule has 4 rings (SSSR count). The molecule has 4 heteroatoms. The summed E-state index contributed by atoms with van der Waals surface area (Å²) >= 11 is 0. The number of methoxy groups -OCH3 is 3. The van der Waals surface area contributed by atoms with Gasteiger partial charge >= 0.3 is 0 Å². The Bertz CT molecular complexity index is 1080. The van der Waals surface area contributed by atoms with Crippen molar-refractivity contribution < 1.29 is 14.2 Å². The van der Waals surface area contributed by atoms with Gasteiger partial charge in [0.2, 0.25) is 0 Å². The van der Waals surface area contributed by atoms with E-state index >= 15 is 0 Å². The molecule has 0 aromatic heterocycles. The molecule has 0 amide bonds. The SMILES string of the molecule is COc1ccc2c(c1)CCN(c1ccccc1)C2C#Cc1ccc(OC)c(OC)c1. The van der Waals surface area contributed by atoms with E-state index in [1.807, 2.05) is 30.3 Å². The maximum Gasteiger partial charge on any atom is 0.161 e. The number of fused-ring (bicyclic) bond motifs is 1. The fourth-order valence-electron chi connectivity index (χ4n) is 3.85. The average molecular weight is 399 g/mol. The zero-order valence-corrected chi connectivity index (χ0v) is 17.5. The van der Waals surface area contributed by atoms with Gasteiger partial charge in [0, 0.05) is 17.8 Å². The highest BCUT2D eigenvalue weighted by Gasteiger charge is 2.26. The van der Waals surface area contributed by atoms with Crippen LogP contribution in [-0.4, -0.2) is 27.9 Å². The van der Waals surface area contributed by atoms with E-state index in [-0.39, 0.29) is 6.04 Å². The zero-order valence-electron chi connectivity index (χ0n) is 17.5. The number of para-hydroxylation sites is 1. The van der Waals surface area contributed by atoms with Crippen LogP contribution in [0.25, 0.3) is 0 Å². The Kier molecular flexibility index (Phi) is 5.81. The fraction of sp³-hybridized carbons (Fsp3) is 0.231. The Morgan fingerprint density at radius 1 is 0.833 bits per heavy atom. The van der Waals surface area contributed by atoms with E-state index in [1.54, 1.807) is 21.3 Å². The van der Waals surface area contributed by atoms with Gasteiger partial charge in [-0.05, 0) is 60.0 Å². The quantitative estimate of drug-likeness (QED) is 0.586. The third kappa shape index (κ3) is 3.92. The molecule has 4 nitrogen and oxygen atoms in total. The molecule has 0 radical (unpaired) electrons. The van der Waals surface area contributed by atoms with Gasteiger partial charge in [-0.3, -0.25) is 0 Å². The standard InChI is InChI=1S/C26H25NO3/c1-28-22-11-12-23-20(18-22)15-16-27(21-7-5-4-6-8-21)24(23)13-9-19-10-14-25(29-2)26(17-19)30-3/h4-8,10-12,14,17-18,24H,15-16H2,1-3H3. The average Bonchev–Trinajstić information content (AvgIpc) is 2.82. The van der Waals surface area contributed by atoms with Crippen molar-refractivity contribution in [3.8, 4) is 29.1 Å². The summed E-state index contributed by atoms with van der Waals surface area (Å²) in [6, 6.07) is 22.4. The lowest BCUT2D eigenvalue weighted by Crippen LogP contribution is -2.34. The van der Waals surface area contributed by atoms with E-state index in [2.05, 4.69) is 53.1 Å². The van der Waals surface area contributed by atoms with Gasteiger partial charge in [0.25, 0.3) is 0 Å². The monoisotopic (exact) mass is 399 g/mol. The highest BCUT2D eigenvalue weighted by molar-refractivity contribution is 5.57. The Labute approximate surface area is 178 Å². The molecular weight excluding hydrogens is 374 g/mol. The molecule has 1 heterocycles. The van der Waals surface area contributed by atoms with Crippen LogP contribution in [0.1, 0.15) is 22.7 Å². The number of rotatable bonds is 4. The van der Waals surface area contributed by atoms with Crippen LogP contribution < -0.4 is 19.1 Å². The van der Waals surface area contributed by atoms with E-state index in [4.69, 9.17) is 14.2 Å². The summed E-state index contributed by atoms with van der Waals surface area (Å²) < 4.78 is 16.2. The van der Waals surface area contributed by atoms with Crippen LogP contribution in [0.15, 0.2) is 66.7 Å². The van der Waals surface area contributed by atoms with Gasteiger partial charge in [-0.15, -0.1) is 0 Å². The summed E-state index contributed by atoms with van der Waals surface area (Å²) in [5, 5.41) is 0. The molecule has 0 fully saturated rings. The first kappa shape index (κ1) is 19.7. The molecule has 0 spiro atoms. The van der Waals surface area contributed by atoms with Crippen molar-refractivity contribution in [2.45, 2.75) is 12.5 Å². The minimum atomic E-state index is -0.0462. The molecule has 152 valence electrons. The first-order chi connectivity index (χ1) is 14.7. The van der Waals surface area contributed by atoms with Crippen molar-refractivity contribution in [3.63, 3.8) is 0 Å². The predicted octanol–water partition coefficient (Wildman–Crippen LogP) is 4.87. The molecule has 3 aromatic rings. The Balaban J connectivity index is 1.75. The Hall–Kier alpha value is -3.58. The van der Waals surface area contributed by atoms with Gasteiger partial charge in [0.15, 0.2) is 11.5 Å². The van der Waals surface area contributed by atoms with Crippen molar-refractivity contribution in [3.05, 3.63) is 83.4 Å². The summed E-state index contributed by atoms with van der Waals surface area (Å²) in [7, 11) is 4.97. The second kappa shape index (κ2) is 8.84. The zero-order chi connectivity index (χ0) is 20.9. The van der Waals surface area contributed by atoms with E-state index in [9.17, 15) is 0 Å². The van der Waals surface area contributed by atoms with Crippen LogP contribution in [-0.2, 0) is 6.42 Å². The largest absolute Gasteiger partial charge is 0.497 e. The van der Waals surface area contributed by atoms with Crippen LogP contribution in [0.4, 0.5) is 5.69 Å². The van der Waals surface area contributed by atoms with Crippen molar-refractivity contribution in [1.29, 1.82) is 0 Å². The summed E-state index contributed by atoms with van der Waals surface area (Å²) in [6.45, 7) is 0.898. The van der Waals surface area contributed by atoms with Crippen LogP contribution in [0, 0.1) is 11.8 Å². The molecule has 3 aromatic carbocycles. The normalized spacial score (nSPS) is 14.9. The van der Waals surface area contributed by atoms with E-state index in [0.29, 0.717) is 11.5 Å². The fourth-order valence-corrected chi connectivity index (χ4v) is 3.85. The number of benzene rings is 3. The van der Waals surface area contributed by atoms with Crippen LogP contribution in [0.3, 0.4) is 0 Å². The number of anilines is 1. The molecule has 0 N–H and O–H groups in total. The van der Waals surface area contributed by atoms with Gasteiger partial charge in [-0.25, -0.2) is 0 Å². The topological polar surface area (TPSA) is 30.9 Å². The van der Waals surface area contributed by atoms with Gasteiger partial charge in [0.1, 0.15) is 11.8 Å². The maximum absolute atomic E-state index is 5.43. The lowest BCUT2D eigenvalue weighted by Gasteiger charge is -2.36. The second-order valence-corrected chi connectivity index (χ2v) is 7.09. The van der Waals surface area contributed by atoms with Crippen molar-refractivity contribution >= 4 is 5.69 Å². The summed E-state index contributed by atoms with van der Waals surface area (Å²) in [5.41, 5.74) is 4.57. The van der Waals surface area contributed by atoms with Crippen LogP contribution in [0.5, 0.6) is 17.2 Å². The number of hydrogen-bond donors (Lipinski definition) is 0. The van der Waals surface area contributed by atoms with Gasteiger partial charge in [0.05, 0.1) is 21.3 Å². The molecule has 0 saturated heterocycles. The van der Waals surface area contributed by atoms with Crippen LogP contribution in [0.2, 0.25) is 0 Å². The van der Waals surface area contributed by atoms with E-state index in [0.717, 1.165) is 24.3 Å². The molecule has 1 aliphatic heterocycles. The maximum atomic E-state index is 5.43. The minimum absolute atomic E-state index is 0.0462. The van der Waals surface area contributed by atoms with E-state index < -0.39 is 0 Å². The third-order valence-corrected chi connectivity index (χ3v) is 5.40. The third-order valence-electron chi connectivity index (χ3n) is 5.40. The van der Waals surface area contributed by atoms with Gasteiger partial charge in [-0.1, -0.05) is 36.1 Å². The Morgan fingerprint density at radius 3 is 2.37 bits per heavy atom. The molecule has 0 aliphatic carbocycles. The summed E-state index contributed by atoms with van der Waals surface area (Å²) in [5.74, 6) is 9.12. The predicted molar refractivity (Wildman–Crippen MR) is 120 cm³/mol. The number of nitrogens with zero attached hydrogens (tertiary/aromatic N) is 1. The van der Waals surface area contributed by atoms with Crippen molar-refractivity contribution in [2.24, 2.45) is 0 Å². The molecular formula is C26H25NO3. The van der Waals surface area contributed by atoms with E-state index in [1.165, 1.54) is 16.8 Å². The van der Waals surface area contributed by atoms with Crippen LogP contribution >= 0.6 is 0 Å². The van der Waals surface area contributed by atoms with Gasteiger partial charge < -0.3 is 19.1 Å². The second-order valence-electron chi connectivity index (χ2n) is 7.09.